The van der Waals surface area contributed by atoms with Gasteiger partial charge in [0.15, 0.2) is 0 Å². The molecule has 14 heavy (non-hydrogen) atoms. The quantitative estimate of drug-likeness (QED) is 0.728. The predicted molar refractivity (Wildman–Crippen MR) is 51.4 cm³/mol. The molecule has 0 radical (unpaired) electrons. The van der Waals surface area contributed by atoms with E-state index in [-0.39, 0.29) is 12.4 Å². The fraction of sp³-hybridized carbons (Fsp3) is 0.455. The van der Waals surface area contributed by atoms with Crippen molar-refractivity contribution in [3.8, 4) is 0 Å². The Kier molecular flexibility index (Phi) is 2.27. The van der Waals surface area contributed by atoms with Gasteiger partial charge in [0.2, 0.25) is 0 Å². The fourth-order valence-electron chi connectivity index (χ4n) is 1.90. The van der Waals surface area contributed by atoms with Gasteiger partial charge in [0.1, 0.15) is 11.5 Å². The number of hydrogen-bond acceptors (Lipinski definition) is 1. The predicted octanol–water partition coefficient (Wildman–Crippen LogP) is 2.29. The first-order chi connectivity index (χ1) is 6.60. The molecule has 1 aliphatic heterocycles. The number of hydrogen-bond donors (Lipinski definition) is 1. The first-order valence-electron chi connectivity index (χ1n) is 4.77. The van der Waals surface area contributed by atoms with Gasteiger partial charge in [-0.25, -0.2) is 8.78 Å². The molecule has 1 atom stereocenters. The molecule has 0 spiro atoms. The lowest BCUT2D eigenvalue weighted by molar-refractivity contribution is 0.192. The van der Waals surface area contributed by atoms with Crippen molar-refractivity contribution in [2.45, 2.75) is 19.0 Å². The van der Waals surface area contributed by atoms with Crippen LogP contribution in [0.5, 0.6) is 0 Å². The summed E-state index contributed by atoms with van der Waals surface area (Å²) in [5, 5.41) is 2.95. The van der Waals surface area contributed by atoms with Gasteiger partial charge in [-0.15, -0.1) is 0 Å². The SMILES string of the molecule is Cc1cc(F)cc(C2(F)CCNC2)c1. The molecule has 0 amide bonds. The van der Waals surface area contributed by atoms with E-state index in [1.54, 1.807) is 13.0 Å². The highest BCUT2D eigenvalue weighted by atomic mass is 19.1. The Morgan fingerprint density at radius 1 is 1.36 bits per heavy atom. The van der Waals surface area contributed by atoms with Gasteiger partial charge >= 0.3 is 0 Å². The summed E-state index contributed by atoms with van der Waals surface area (Å²) in [7, 11) is 0. The Labute approximate surface area is 82.1 Å². The van der Waals surface area contributed by atoms with E-state index in [2.05, 4.69) is 5.32 Å². The second kappa shape index (κ2) is 3.31. The van der Waals surface area contributed by atoms with Crippen LogP contribution in [0.1, 0.15) is 17.5 Å². The average molecular weight is 197 g/mol. The van der Waals surface area contributed by atoms with Crippen LogP contribution in [0, 0.1) is 12.7 Å². The smallest absolute Gasteiger partial charge is 0.149 e. The molecule has 1 heterocycles. The molecule has 1 aromatic rings. The molecule has 0 aliphatic carbocycles. The van der Waals surface area contributed by atoms with Gasteiger partial charge in [-0.05, 0) is 43.1 Å². The Balaban J connectivity index is 2.40. The molecule has 1 fully saturated rings. The lowest BCUT2D eigenvalue weighted by Crippen LogP contribution is -2.23. The normalized spacial score (nSPS) is 26.8. The van der Waals surface area contributed by atoms with Crippen LogP contribution in [0.4, 0.5) is 8.78 Å². The van der Waals surface area contributed by atoms with Crippen molar-refractivity contribution in [3.63, 3.8) is 0 Å². The second-order valence-corrected chi connectivity index (χ2v) is 3.91. The molecule has 0 bridgehead atoms. The number of halogens is 2. The number of benzene rings is 1. The lowest BCUT2D eigenvalue weighted by Gasteiger charge is -2.19. The maximum Gasteiger partial charge on any atom is 0.149 e. The molecule has 1 aliphatic rings. The van der Waals surface area contributed by atoms with Crippen LogP contribution in [-0.2, 0) is 5.67 Å². The van der Waals surface area contributed by atoms with E-state index in [1.165, 1.54) is 12.1 Å². The maximum absolute atomic E-state index is 14.2. The summed E-state index contributed by atoms with van der Waals surface area (Å²) in [5.41, 5.74) is -0.156. The van der Waals surface area contributed by atoms with Gasteiger partial charge in [0, 0.05) is 6.54 Å². The van der Waals surface area contributed by atoms with E-state index in [1.807, 2.05) is 0 Å². The second-order valence-electron chi connectivity index (χ2n) is 3.91. The minimum Gasteiger partial charge on any atom is -0.313 e. The molecular formula is C11H13F2N. The Morgan fingerprint density at radius 2 is 2.14 bits per heavy atom. The molecule has 1 saturated heterocycles. The summed E-state index contributed by atoms with van der Waals surface area (Å²) >= 11 is 0. The van der Waals surface area contributed by atoms with E-state index in [4.69, 9.17) is 0 Å². The first kappa shape index (κ1) is 9.59. The zero-order valence-corrected chi connectivity index (χ0v) is 8.11. The highest BCUT2D eigenvalue weighted by Gasteiger charge is 2.35. The van der Waals surface area contributed by atoms with Gasteiger partial charge in [0.05, 0.1) is 0 Å². The van der Waals surface area contributed by atoms with Crippen LogP contribution in [0.3, 0.4) is 0 Å². The van der Waals surface area contributed by atoms with Crippen molar-refractivity contribution in [2.24, 2.45) is 0 Å². The standard InChI is InChI=1S/C11H13F2N/c1-8-4-9(6-10(12)5-8)11(13)2-3-14-7-11/h4-6,14H,2-3,7H2,1H3. The van der Waals surface area contributed by atoms with Crippen LogP contribution in [-0.4, -0.2) is 13.1 Å². The van der Waals surface area contributed by atoms with Gasteiger partial charge in [-0.3, -0.25) is 0 Å². The number of alkyl halides is 1. The number of nitrogens with one attached hydrogen (secondary N) is 1. The van der Waals surface area contributed by atoms with Crippen LogP contribution < -0.4 is 5.32 Å². The topological polar surface area (TPSA) is 12.0 Å². The number of rotatable bonds is 1. The molecule has 1 unspecified atom stereocenters. The van der Waals surface area contributed by atoms with Gasteiger partial charge in [-0.1, -0.05) is 6.07 Å². The van der Waals surface area contributed by atoms with Crippen molar-refractivity contribution >= 4 is 0 Å². The summed E-state index contributed by atoms with van der Waals surface area (Å²) < 4.78 is 27.2. The summed E-state index contributed by atoms with van der Waals surface area (Å²) in [6.07, 6.45) is 0.426. The zero-order chi connectivity index (χ0) is 10.2. The highest BCUT2D eigenvalue weighted by Crippen LogP contribution is 2.32. The van der Waals surface area contributed by atoms with Crippen LogP contribution >= 0.6 is 0 Å². The Bertz CT molecular complexity index is 323. The van der Waals surface area contributed by atoms with Gasteiger partial charge in [-0.2, -0.15) is 0 Å². The highest BCUT2D eigenvalue weighted by molar-refractivity contribution is 5.29. The molecule has 0 saturated carbocycles. The third-order valence-electron chi connectivity index (χ3n) is 2.66. The van der Waals surface area contributed by atoms with E-state index in [0.29, 0.717) is 18.5 Å². The van der Waals surface area contributed by atoms with Crippen molar-refractivity contribution < 1.29 is 8.78 Å². The zero-order valence-electron chi connectivity index (χ0n) is 8.11. The molecule has 1 nitrogen and oxygen atoms in total. The van der Waals surface area contributed by atoms with E-state index < -0.39 is 5.67 Å². The third kappa shape index (κ3) is 1.64. The van der Waals surface area contributed by atoms with Crippen LogP contribution in [0.25, 0.3) is 0 Å². The van der Waals surface area contributed by atoms with Crippen molar-refractivity contribution in [1.29, 1.82) is 0 Å². The van der Waals surface area contributed by atoms with E-state index in [0.717, 1.165) is 5.56 Å². The average Bonchev–Trinajstić information content (AvgIpc) is 2.52. The maximum atomic E-state index is 14.2. The molecular weight excluding hydrogens is 184 g/mol. The number of aryl methyl sites for hydroxylation is 1. The summed E-state index contributed by atoms with van der Waals surface area (Å²) in [6, 6.07) is 4.42. The van der Waals surface area contributed by atoms with E-state index in [9.17, 15) is 8.78 Å². The minimum atomic E-state index is -1.38. The van der Waals surface area contributed by atoms with Gasteiger partial charge in [0.25, 0.3) is 0 Å². The molecule has 1 aromatic carbocycles. The molecule has 3 heteroatoms. The third-order valence-corrected chi connectivity index (χ3v) is 2.66. The lowest BCUT2D eigenvalue weighted by atomic mass is 9.93. The monoisotopic (exact) mass is 197 g/mol. The van der Waals surface area contributed by atoms with Crippen molar-refractivity contribution in [3.05, 3.63) is 35.1 Å². The summed E-state index contributed by atoms with van der Waals surface area (Å²) in [4.78, 5) is 0. The fourth-order valence-corrected chi connectivity index (χ4v) is 1.90. The molecule has 0 aromatic heterocycles. The van der Waals surface area contributed by atoms with Crippen molar-refractivity contribution in [1.82, 2.24) is 5.32 Å². The van der Waals surface area contributed by atoms with E-state index >= 15 is 0 Å². The molecule has 1 N–H and O–H groups in total. The minimum absolute atomic E-state index is 0.288. The first-order valence-corrected chi connectivity index (χ1v) is 4.77. The van der Waals surface area contributed by atoms with Gasteiger partial charge < -0.3 is 5.32 Å². The summed E-state index contributed by atoms with van der Waals surface area (Å²) in [5.74, 6) is -0.357. The summed E-state index contributed by atoms with van der Waals surface area (Å²) in [6.45, 7) is 2.72. The molecule has 76 valence electrons. The Morgan fingerprint density at radius 3 is 2.71 bits per heavy atom. The van der Waals surface area contributed by atoms with Crippen molar-refractivity contribution in [2.75, 3.05) is 13.1 Å². The largest absolute Gasteiger partial charge is 0.313 e. The van der Waals surface area contributed by atoms with Crippen LogP contribution in [0.15, 0.2) is 18.2 Å². The molecule has 2 rings (SSSR count). The Hall–Kier alpha value is -0.960. The van der Waals surface area contributed by atoms with Crippen LogP contribution in [0.2, 0.25) is 0 Å².